The molecule has 2 aliphatic carbocycles. The van der Waals surface area contributed by atoms with E-state index >= 15 is 9.18 Å². The van der Waals surface area contributed by atoms with E-state index in [0.717, 1.165) is 50.1 Å². The standard InChI is InChI=1S/C48H60ClFN5O8PS/c1-28(2)52-47-54-38(27-65-47)37-21-42(34-16-17-41(61-4)44(49)45(34)53-37)62-33-20-39-40(56)23-48(64(59,60)26-35-29(3)11-10-15-36(35)50)22-31(48)12-6-5-9-18-51-24-30(46(58)55(39)25-33)19-43(57)63-32-13-7-8-14-32/h10-11,15-17,21,27-28,30-33,39,51H,5-9,12-14,18-20,22-26H2,1-4H3,(H,52,54)(H,59,60)/t30-,31+,33+,39-,48+/m0/s1. The normalized spacial score (nSPS) is 25.4. The molecule has 2 aliphatic heterocycles. The minimum absolute atomic E-state index is 0.00718. The molecule has 2 saturated heterocycles. The summed E-state index contributed by atoms with van der Waals surface area (Å²) in [5.74, 6) is -1.98. The molecule has 4 heterocycles. The van der Waals surface area contributed by atoms with Gasteiger partial charge in [0.15, 0.2) is 10.9 Å². The summed E-state index contributed by atoms with van der Waals surface area (Å²) in [5.41, 5.74) is 2.26. The van der Waals surface area contributed by atoms with Crippen molar-refractivity contribution in [2.24, 2.45) is 11.8 Å². The van der Waals surface area contributed by atoms with Crippen LogP contribution in [0.15, 0.2) is 41.8 Å². The molecular formula is C48H60ClFN5O8PS. The van der Waals surface area contributed by atoms with E-state index in [4.69, 9.17) is 35.8 Å². The van der Waals surface area contributed by atoms with Crippen LogP contribution >= 0.6 is 30.3 Å². The molecule has 1 amide bonds. The van der Waals surface area contributed by atoms with Crippen LogP contribution in [0.3, 0.4) is 0 Å². The number of amides is 1. The molecule has 2 saturated carbocycles. The predicted molar refractivity (Wildman–Crippen MR) is 251 cm³/mol. The Bertz CT molecular complexity index is 2450. The fourth-order valence-electron chi connectivity index (χ4n) is 10.1. The molecule has 4 aliphatic rings. The number of Topliss-reactive ketones (excluding diaryl/α,β-unsaturated/α-hetero) is 1. The van der Waals surface area contributed by atoms with Gasteiger partial charge in [-0.1, -0.05) is 36.6 Å². The maximum Gasteiger partial charge on any atom is 0.306 e. The van der Waals surface area contributed by atoms with Gasteiger partial charge in [0.2, 0.25) is 13.3 Å². The lowest BCUT2D eigenvalue weighted by Crippen LogP contribution is -2.47. The fourth-order valence-corrected chi connectivity index (χ4v) is 14.0. The largest absolute Gasteiger partial charge is 0.495 e. The molecule has 1 unspecified atom stereocenters. The van der Waals surface area contributed by atoms with Crippen molar-refractivity contribution in [3.05, 3.63) is 63.7 Å². The molecule has 0 spiro atoms. The summed E-state index contributed by atoms with van der Waals surface area (Å²) in [6.07, 6.45) is 5.39. The Morgan fingerprint density at radius 1 is 1.08 bits per heavy atom. The first-order valence-corrected chi connectivity index (χ1v) is 26.1. The second-order valence-electron chi connectivity index (χ2n) is 18.7. The summed E-state index contributed by atoms with van der Waals surface area (Å²) in [4.78, 5) is 66.7. The number of aryl methyl sites for hydroxylation is 1. The van der Waals surface area contributed by atoms with Crippen LogP contribution in [0.1, 0.15) is 102 Å². The molecule has 350 valence electrons. The Kier molecular flexibility index (Phi) is 14.6. The first-order valence-electron chi connectivity index (χ1n) is 23.0. The molecule has 8 rings (SSSR count). The number of halogens is 2. The Morgan fingerprint density at radius 2 is 1.86 bits per heavy atom. The molecule has 6 atom stereocenters. The van der Waals surface area contributed by atoms with E-state index in [0.29, 0.717) is 58.7 Å². The van der Waals surface area contributed by atoms with Gasteiger partial charge in [0.25, 0.3) is 0 Å². The van der Waals surface area contributed by atoms with Gasteiger partial charge in [-0.15, -0.1) is 11.3 Å². The Hall–Kier alpha value is -4.14. The van der Waals surface area contributed by atoms with E-state index in [-0.39, 0.29) is 72.9 Å². The summed E-state index contributed by atoms with van der Waals surface area (Å²) in [6, 6.07) is 9.02. The van der Waals surface area contributed by atoms with Crippen molar-refractivity contribution >= 4 is 64.0 Å². The van der Waals surface area contributed by atoms with Gasteiger partial charge in [-0.05, 0) is 102 Å². The summed E-state index contributed by atoms with van der Waals surface area (Å²) >= 11 is 8.34. The number of hydrogen-bond donors (Lipinski definition) is 3. The van der Waals surface area contributed by atoms with Crippen LogP contribution < -0.4 is 20.1 Å². The first-order chi connectivity index (χ1) is 31.2. The van der Waals surface area contributed by atoms with E-state index in [9.17, 15) is 19.0 Å². The van der Waals surface area contributed by atoms with E-state index in [2.05, 4.69) is 10.6 Å². The number of esters is 1. The van der Waals surface area contributed by atoms with Gasteiger partial charge in [-0.25, -0.2) is 14.4 Å². The number of carbonyl (C=O) groups is 3. The fraction of sp³-hybridized carbons (Fsp3) is 0.562. The number of anilines is 1. The average Bonchev–Trinajstić information content (AvgIpc) is 3.68. The van der Waals surface area contributed by atoms with Crippen LogP contribution in [0.25, 0.3) is 22.3 Å². The number of nitrogens with zero attached hydrogens (tertiary/aromatic N) is 3. The lowest BCUT2D eigenvalue weighted by Gasteiger charge is -2.30. The Labute approximate surface area is 389 Å². The molecule has 4 aromatic rings. The second-order valence-corrected chi connectivity index (χ2v) is 22.5. The van der Waals surface area contributed by atoms with Gasteiger partial charge in [-0.3, -0.25) is 18.9 Å². The molecule has 4 fully saturated rings. The highest BCUT2D eigenvalue weighted by Crippen LogP contribution is 2.75. The SMILES string of the molecule is COc1ccc2c(O[C@@H]3C[C@H]4C(=O)C[C@]5(P(=O)(O)Cc6c(C)cccc6F)C[C@H]5CCCCCNC[C@H](CC(=O)OC5CCCC5)C(=O)N4C3)cc(-c3csc(NC(C)C)n3)nc2c1Cl. The molecule has 13 nitrogen and oxygen atoms in total. The number of carbonyl (C=O) groups excluding carboxylic acids is 3. The maximum atomic E-state index is 15.2. The van der Waals surface area contributed by atoms with Crippen molar-refractivity contribution in [2.45, 2.75) is 133 Å². The zero-order valence-corrected chi connectivity index (χ0v) is 40.0. The number of pyridine rings is 1. The molecule has 17 heteroatoms. The van der Waals surface area contributed by atoms with E-state index < -0.39 is 48.3 Å². The van der Waals surface area contributed by atoms with Crippen LogP contribution in [0.4, 0.5) is 9.52 Å². The zero-order valence-electron chi connectivity index (χ0n) is 37.6. The van der Waals surface area contributed by atoms with Gasteiger partial charge in [0, 0.05) is 47.8 Å². The summed E-state index contributed by atoms with van der Waals surface area (Å²) in [5, 5.41) is 8.93. The predicted octanol–water partition coefficient (Wildman–Crippen LogP) is 9.48. The number of hydrogen-bond acceptors (Lipinski definition) is 12. The van der Waals surface area contributed by atoms with Crippen LogP contribution in [0.2, 0.25) is 5.02 Å². The quantitative estimate of drug-likeness (QED) is 0.0910. The van der Waals surface area contributed by atoms with Crippen LogP contribution in [0.5, 0.6) is 11.5 Å². The molecule has 65 heavy (non-hydrogen) atoms. The number of rotatable bonds is 12. The average molecular weight is 953 g/mol. The van der Waals surface area contributed by atoms with Crippen molar-refractivity contribution in [3.63, 3.8) is 0 Å². The van der Waals surface area contributed by atoms with E-state index in [1.807, 2.05) is 19.2 Å². The minimum Gasteiger partial charge on any atom is -0.495 e. The minimum atomic E-state index is -4.21. The number of fused-ring (bicyclic) bond motifs is 3. The van der Waals surface area contributed by atoms with Gasteiger partial charge in [-0.2, -0.15) is 0 Å². The van der Waals surface area contributed by atoms with Gasteiger partial charge >= 0.3 is 5.97 Å². The number of ketones is 1. The number of ether oxygens (including phenoxy) is 3. The van der Waals surface area contributed by atoms with Crippen molar-refractivity contribution in [2.75, 3.05) is 32.1 Å². The topological polar surface area (TPSA) is 169 Å². The highest BCUT2D eigenvalue weighted by Gasteiger charge is 2.66. The van der Waals surface area contributed by atoms with Crippen molar-refractivity contribution in [3.8, 4) is 22.9 Å². The number of benzene rings is 2. The zero-order chi connectivity index (χ0) is 46.0. The third kappa shape index (κ3) is 10.4. The molecule has 3 N–H and O–H groups in total. The van der Waals surface area contributed by atoms with Crippen molar-refractivity contribution < 1.29 is 42.4 Å². The maximum absolute atomic E-state index is 15.2. The summed E-state index contributed by atoms with van der Waals surface area (Å²) < 4.78 is 48.2. The molecular weight excluding hydrogens is 892 g/mol. The second kappa shape index (κ2) is 20.0. The Balaban J connectivity index is 1.14. The summed E-state index contributed by atoms with van der Waals surface area (Å²) in [6.45, 7) is 6.59. The number of aromatic nitrogens is 2. The van der Waals surface area contributed by atoms with Crippen molar-refractivity contribution in [1.29, 1.82) is 0 Å². The Morgan fingerprint density at radius 3 is 2.62 bits per heavy atom. The third-order valence-corrected chi connectivity index (χ3v) is 17.7. The monoisotopic (exact) mass is 951 g/mol. The van der Waals surface area contributed by atoms with Crippen molar-refractivity contribution in [1.82, 2.24) is 20.2 Å². The molecule has 2 aromatic carbocycles. The number of methoxy groups -OCH3 is 1. The summed E-state index contributed by atoms with van der Waals surface area (Å²) in [7, 11) is -2.69. The van der Waals surface area contributed by atoms with E-state index in [1.165, 1.54) is 29.4 Å². The van der Waals surface area contributed by atoms with E-state index in [1.54, 1.807) is 37.3 Å². The molecule has 0 radical (unpaired) electrons. The highest BCUT2D eigenvalue weighted by molar-refractivity contribution is 7.59. The van der Waals surface area contributed by atoms with Crippen LogP contribution in [0, 0.1) is 24.6 Å². The van der Waals surface area contributed by atoms with Gasteiger partial charge < -0.3 is 34.6 Å². The van der Waals surface area contributed by atoms with Crippen LogP contribution in [-0.4, -0.2) is 93.6 Å². The molecule has 2 aromatic heterocycles. The highest BCUT2D eigenvalue weighted by atomic mass is 35.5. The number of thiazole rings is 1. The van der Waals surface area contributed by atoms with Gasteiger partial charge in [0.1, 0.15) is 40.2 Å². The number of nitrogens with one attached hydrogen (secondary N) is 2. The first kappa shape index (κ1) is 47.4. The van der Waals surface area contributed by atoms with Crippen LogP contribution in [-0.2, 0) is 29.8 Å². The lowest BCUT2D eigenvalue weighted by molar-refractivity contribution is -0.153. The lowest BCUT2D eigenvalue weighted by atomic mass is 9.99. The smallest absolute Gasteiger partial charge is 0.306 e. The van der Waals surface area contributed by atoms with Gasteiger partial charge in [0.05, 0.1) is 54.6 Å². The third-order valence-electron chi connectivity index (χ3n) is 13.7. The molecule has 0 bridgehead atoms.